The molecule has 1 aliphatic heterocycles. The van der Waals surface area contributed by atoms with Crippen LogP contribution < -0.4 is 20.5 Å². The topological polar surface area (TPSA) is 82.3 Å². The molecule has 0 saturated carbocycles. The van der Waals surface area contributed by atoms with Crippen LogP contribution in [0.25, 0.3) is 22.0 Å². The fraction of sp³-hybridized carbons (Fsp3) is 0.0909. The highest BCUT2D eigenvalue weighted by Crippen LogP contribution is 2.33. The van der Waals surface area contributed by atoms with Crippen LogP contribution in [0.5, 0.6) is 11.5 Å². The lowest BCUT2D eigenvalue weighted by Gasteiger charge is -2.11. The van der Waals surface area contributed by atoms with E-state index >= 15 is 0 Å². The molecular formula is C22H18N4O2. The molecule has 0 unspecified atom stereocenters. The van der Waals surface area contributed by atoms with Crippen molar-refractivity contribution in [2.24, 2.45) is 0 Å². The Kier molecular flexibility index (Phi) is 3.94. The average Bonchev–Trinajstić information content (AvgIpc) is 3.19. The van der Waals surface area contributed by atoms with E-state index < -0.39 is 0 Å². The minimum Gasteiger partial charge on any atom is -0.454 e. The maximum absolute atomic E-state index is 5.98. The van der Waals surface area contributed by atoms with Gasteiger partial charge >= 0.3 is 0 Å². The molecule has 138 valence electrons. The van der Waals surface area contributed by atoms with E-state index in [2.05, 4.69) is 33.5 Å². The predicted molar refractivity (Wildman–Crippen MR) is 109 cm³/mol. The number of nitrogens with one attached hydrogen (secondary N) is 1. The van der Waals surface area contributed by atoms with Crippen molar-refractivity contribution in [1.82, 2.24) is 9.97 Å². The molecule has 0 radical (unpaired) electrons. The van der Waals surface area contributed by atoms with Gasteiger partial charge in [0.1, 0.15) is 5.82 Å². The van der Waals surface area contributed by atoms with E-state index in [4.69, 9.17) is 15.2 Å². The van der Waals surface area contributed by atoms with E-state index in [1.807, 2.05) is 48.5 Å². The molecular weight excluding hydrogens is 352 g/mol. The molecule has 1 aromatic heterocycles. The lowest BCUT2D eigenvalue weighted by Crippen LogP contribution is -2.05. The smallest absolute Gasteiger partial charge is 0.231 e. The summed E-state index contributed by atoms with van der Waals surface area (Å²) in [6.07, 6.45) is 0. The first kappa shape index (κ1) is 16.4. The Morgan fingerprint density at radius 2 is 1.75 bits per heavy atom. The Bertz CT molecular complexity index is 1170. The van der Waals surface area contributed by atoms with Gasteiger partial charge in [-0.3, -0.25) is 0 Å². The van der Waals surface area contributed by atoms with Gasteiger partial charge in [-0.15, -0.1) is 0 Å². The van der Waals surface area contributed by atoms with Crippen molar-refractivity contribution in [3.8, 4) is 22.8 Å². The summed E-state index contributed by atoms with van der Waals surface area (Å²) < 4.78 is 10.8. The van der Waals surface area contributed by atoms with Crippen molar-refractivity contribution < 1.29 is 9.47 Å². The normalized spacial score (nSPS) is 12.3. The summed E-state index contributed by atoms with van der Waals surface area (Å²) in [6, 6.07) is 22.2. The fourth-order valence-corrected chi connectivity index (χ4v) is 3.39. The number of fused-ring (bicyclic) bond motifs is 2. The maximum Gasteiger partial charge on any atom is 0.231 e. The van der Waals surface area contributed by atoms with E-state index in [0.29, 0.717) is 12.4 Å². The van der Waals surface area contributed by atoms with Gasteiger partial charge in [-0.05, 0) is 28.5 Å². The van der Waals surface area contributed by atoms with E-state index in [-0.39, 0.29) is 12.7 Å². The zero-order valence-corrected chi connectivity index (χ0v) is 15.1. The Hall–Kier alpha value is -3.80. The minimum atomic E-state index is 0.235. The molecule has 3 aromatic carbocycles. The van der Waals surface area contributed by atoms with E-state index in [1.165, 1.54) is 0 Å². The quantitative estimate of drug-likeness (QED) is 0.560. The lowest BCUT2D eigenvalue weighted by atomic mass is 10.0. The van der Waals surface area contributed by atoms with Crippen molar-refractivity contribution in [2.75, 3.05) is 17.8 Å². The van der Waals surface area contributed by atoms with Crippen LogP contribution in [-0.2, 0) is 6.54 Å². The number of hydrogen-bond donors (Lipinski definition) is 2. The fourth-order valence-electron chi connectivity index (χ4n) is 3.39. The molecule has 1 aliphatic rings. The standard InChI is InChI=1S/C22H18N4O2/c23-22-25-18(17-7-3-5-15-4-1-2-6-16(15)17)11-21(26-22)24-12-14-8-9-19-20(10-14)28-13-27-19/h1-11H,12-13H2,(H3,23,24,25,26). The first-order chi connectivity index (χ1) is 13.8. The first-order valence-corrected chi connectivity index (χ1v) is 9.01. The number of ether oxygens (including phenoxy) is 2. The van der Waals surface area contributed by atoms with Gasteiger partial charge in [0.25, 0.3) is 0 Å². The molecule has 4 aromatic rings. The molecule has 5 rings (SSSR count). The van der Waals surface area contributed by atoms with Crippen LogP contribution in [-0.4, -0.2) is 16.8 Å². The molecule has 0 saturated heterocycles. The van der Waals surface area contributed by atoms with Crippen LogP contribution in [0.4, 0.5) is 11.8 Å². The zero-order chi connectivity index (χ0) is 18.9. The molecule has 0 spiro atoms. The molecule has 3 N–H and O–H groups in total. The van der Waals surface area contributed by atoms with Gasteiger partial charge in [0.05, 0.1) is 5.69 Å². The highest BCUT2D eigenvalue weighted by atomic mass is 16.7. The first-order valence-electron chi connectivity index (χ1n) is 9.01. The Labute approximate surface area is 162 Å². The number of benzene rings is 3. The minimum absolute atomic E-state index is 0.235. The third-order valence-electron chi connectivity index (χ3n) is 4.72. The average molecular weight is 370 g/mol. The Morgan fingerprint density at radius 3 is 2.71 bits per heavy atom. The number of nitrogens with two attached hydrogens (primary N) is 1. The molecule has 6 heteroatoms. The highest BCUT2D eigenvalue weighted by Gasteiger charge is 2.13. The molecule has 0 bridgehead atoms. The summed E-state index contributed by atoms with van der Waals surface area (Å²) in [5, 5.41) is 5.61. The summed E-state index contributed by atoms with van der Waals surface area (Å²) in [5.74, 6) is 2.44. The van der Waals surface area contributed by atoms with Gasteiger partial charge in [0, 0.05) is 18.2 Å². The number of aromatic nitrogens is 2. The molecule has 0 amide bonds. The second kappa shape index (κ2) is 6.74. The second-order valence-corrected chi connectivity index (χ2v) is 6.56. The van der Waals surface area contributed by atoms with Gasteiger partial charge in [-0.25, -0.2) is 4.98 Å². The van der Waals surface area contributed by atoms with Crippen molar-refractivity contribution in [3.63, 3.8) is 0 Å². The van der Waals surface area contributed by atoms with Crippen molar-refractivity contribution in [1.29, 1.82) is 0 Å². The van der Waals surface area contributed by atoms with Gasteiger partial charge in [-0.1, -0.05) is 48.5 Å². The van der Waals surface area contributed by atoms with Crippen LogP contribution in [0, 0.1) is 0 Å². The zero-order valence-electron chi connectivity index (χ0n) is 15.1. The number of nitrogens with zero attached hydrogens (tertiary/aromatic N) is 2. The number of rotatable bonds is 4. The summed E-state index contributed by atoms with van der Waals surface area (Å²) in [4.78, 5) is 8.77. The van der Waals surface area contributed by atoms with E-state index in [0.717, 1.165) is 39.1 Å². The predicted octanol–water partition coefficient (Wildman–Crippen LogP) is 4.22. The highest BCUT2D eigenvalue weighted by molar-refractivity contribution is 5.96. The van der Waals surface area contributed by atoms with Crippen LogP contribution in [0.15, 0.2) is 66.7 Å². The van der Waals surface area contributed by atoms with Crippen molar-refractivity contribution in [3.05, 3.63) is 72.3 Å². The third kappa shape index (κ3) is 3.05. The van der Waals surface area contributed by atoms with Gasteiger partial charge < -0.3 is 20.5 Å². The van der Waals surface area contributed by atoms with Crippen LogP contribution in [0.2, 0.25) is 0 Å². The molecule has 0 fully saturated rings. The largest absolute Gasteiger partial charge is 0.454 e. The van der Waals surface area contributed by atoms with Gasteiger partial charge in [0.15, 0.2) is 11.5 Å². The molecule has 0 aliphatic carbocycles. The Balaban J connectivity index is 1.44. The van der Waals surface area contributed by atoms with Crippen LogP contribution in [0.1, 0.15) is 5.56 Å². The van der Waals surface area contributed by atoms with Crippen molar-refractivity contribution >= 4 is 22.5 Å². The van der Waals surface area contributed by atoms with Crippen LogP contribution >= 0.6 is 0 Å². The monoisotopic (exact) mass is 370 g/mol. The maximum atomic E-state index is 5.98. The summed E-state index contributed by atoms with van der Waals surface area (Å²) in [5.41, 5.74) is 8.86. The second-order valence-electron chi connectivity index (χ2n) is 6.56. The summed E-state index contributed by atoms with van der Waals surface area (Å²) >= 11 is 0. The number of nitrogen functional groups attached to an aromatic ring is 1. The van der Waals surface area contributed by atoms with Crippen molar-refractivity contribution in [2.45, 2.75) is 6.54 Å². The molecule has 28 heavy (non-hydrogen) atoms. The Morgan fingerprint density at radius 1 is 0.893 bits per heavy atom. The molecule has 2 heterocycles. The molecule has 0 atom stereocenters. The molecule has 6 nitrogen and oxygen atoms in total. The van der Waals surface area contributed by atoms with Crippen LogP contribution in [0.3, 0.4) is 0 Å². The van der Waals surface area contributed by atoms with E-state index in [1.54, 1.807) is 0 Å². The number of anilines is 2. The SMILES string of the molecule is Nc1nc(NCc2ccc3c(c2)OCO3)cc(-c2cccc3ccccc23)n1. The summed E-state index contributed by atoms with van der Waals surface area (Å²) in [7, 11) is 0. The summed E-state index contributed by atoms with van der Waals surface area (Å²) in [6.45, 7) is 0.852. The van der Waals surface area contributed by atoms with Gasteiger partial charge in [0.2, 0.25) is 12.7 Å². The number of hydrogen-bond acceptors (Lipinski definition) is 6. The lowest BCUT2D eigenvalue weighted by molar-refractivity contribution is 0.174. The van der Waals surface area contributed by atoms with E-state index in [9.17, 15) is 0 Å². The third-order valence-corrected chi connectivity index (χ3v) is 4.72. The van der Waals surface area contributed by atoms with Gasteiger partial charge in [-0.2, -0.15) is 4.98 Å².